The second-order valence-corrected chi connectivity index (χ2v) is 8.86. The Morgan fingerprint density at radius 3 is 2.17 bits per heavy atom. The molecule has 1 aliphatic rings. The highest BCUT2D eigenvalue weighted by Crippen LogP contribution is 2.20. The van der Waals surface area contributed by atoms with E-state index in [2.05, 4.69) is 46.4 Å². The molecule has 1 atom stereocenters. The van der Waals surface area contributed by atoms with Crippen molar-refractivity contribution < 1.29 is 28.6 Å². The number of hydrogen-bond donors (Lipinski definition) is 2. The van der Waals surface area contributed by atoms with Crippen LogP contribution in [-0.2, 0) is 19.3 Å². The van der Waals surface area contributed by atoms with Crippen molar-refractivity contribution >= 4 is 35.4 Å². The van der Waals surface area contributed by atoms with Gasteiger partial charge in [0.05, 0.1) is 6.04 Å². The van der Waals surface area contributed by atoms with Gasteiger partial charge in [0, 0.05) is 40.4 Å². The second kappa shape index (κ2) is 15.9. The lowest BCUT2D eigenvalue weighted by Gasteiger charge is -2.26. The zero-order valence-electron chi connectivity index (χ0n) is 21.5. The topological polar surface area (TPSA) is 101 Å². The molecule has 0 aliphatic carbocycles. The molecule has 3 aromatic rings. The quantitative estimate of drug-likeness (QED) is 0.438. The van der Waals surface area contributed by atoms with Crippen molar-refractivity contribution in [2.24, 2.45) is 0 Å². The minimum absolute atomic E-state index is 0.287. The van der Waals surface area contributed by atoms with Crippen LogP contribution in [0.3, 0.4) is 0 Å². The average molecular weight is 502 g/mol. The summed E-state index contributed by atoms with van der Waals surface area (Å²) >= 11 is 0. The third-order valence-electron chi connectivity index (χ3n) is 4.83. The van der Waals surface area contributed by atoms with Crippen molar-refractivity contribution in [3.63, 3.8) is 0 Å². The number of aromatic amines is 1. The van der Waals surface area contributed by atoms with E-state index in [1.165, 1.54) is 21.5 Å². The van der Waals surface area contributed by atoms with Crippen molar-refractivity contribution in [3.8, 4) is 0 Å². The number of hydrogen-bond acceptors (Lipinski definition) is 6. The second-order valence-electron chi connectivity index (χ2n) is 8.86. The molecular formula is C27H36FN3O5. The van der Waals surface area contributed by atoms with Crippen LogP contribution < -0.4 is 5.32 Å². The molecule has 8 nitrogen and oxygen atoms in total. The maximum atomic E-state index is 11.6. The van der Waals surface area contributed by atoms with Gasteiger partial charge in [-0.3, -0.25) is 14.6 Å². The summed E-state index contributed by atoms with van der Waals surface area (Å²) in [6, 6.07) is 20.2. The summed E-state index contributed by atoms with van der Waals surface area (Å²) in [5.74, 6) is 0. The fraction of sp³-hybridized carbons (Fsp3) is 0.370. The summed E-state index contributed by atoms with van der Waals surface area (Å²) < 4.78 is 15.0. The van der Waals surface area contributed by atoms with Crippen LogP contribution in [0.4, 0.5) is 15.0 Å². The molecule has 1 saturated heterocycles. The van der Waals surface area contributed by atoms with E-state index in [1.54, 1.807) is 0 Å². The SMILES string of the molecule is CC(C)(C)OC(=O)N1CCCC1C=O.CNc1ccc2[nH]c(C)cc2c1.O=COF.c1ccccc1. The highest BCUT2D eigenvalue weighted by Gasteiger charge is 2.31. The molecule has 0 radical (unpaired) electrons. The van der Waals surface area contributed by atoms with E-state index in [0.29, 0.717) is 6.54 Å². The number of benzene rings is 2. The van der Waals surface area contributed by atoms with E-state index < -0.39 is 5.60 Å². The van der Waals surface area contributed by atoms with E-state index in [1.807, 2.05) is 64.2 Å². The standard InChI is InChI=1S/C10H12N2.C10H17NO3.C6H6.CHFO2/c1-7-5-8-6-9(11-2)3-4-10(8)12-7;1-10(2,3)14-9(13)11-6-4-5-8(11)7-12;1-2-4-6-5-3-1;2-4-1-3/h3-6,11-12H,1-2H3;7-8H,4-6H2,1-3H3;1-6H;1H. The molecule has 2 N–H and O–H groups in total. The van der Waals surface area contributed by atoms with Gasteiger partial charge < -0.3 is 19.8 Å². The maximum Gasteiger partial charge on any atom is 0.410 e. The summed E-state index contributed by atoms with van der Waals surface area (Å²) in [4.78, 5) is 37.9. The number of carbonyl (C=O) groups is 3. The predicted octanol–water partition coefficient (Wildman–Crippen LogP) is 5.83. The monoisotopic (exact) mass is 501 g/mol. The van der Waals surface area contributed by atoms with Crippen LogP contribution in [0.2, 0.25) is 0 Å². The molecule has 36 heavy (non-hydrogen) atoms. The Morgan fingerprint density at radius 2 is 1.69 bits per heavy atom. The number of amides is 1. The first-order valence-electron chi connectivity index (χ1n) is 11.6. The molecule has 0 saturated carbocycles. The number of rotatable bonds is 3. The molecule has 1 aliphatic heterocycles. The summed E-state index contributed by atoms with van der Waals surface area (Å²) in [5, 5.41) is 4.38. The van der Waals surface area contributed by atoms with E-state index in [9.17, 15) is 14.1 Å². The van der Waals surface area contributed by atoms with Gasteiger partial charge in [0.1, 0.15) is 11.9 Å². The Morgan fingerprint density at radius 1 is 1.11 bits per heavy atom. The highest BCUT2D eigenvalue weighted by molar-refractivity contribution is 5.83. The minimum atomic E-state index is -0.493. The van der Waals surface area contributed by atoms with Gasteiger partial charge in [-0.15, -0.1) is 0 Å². The van der Waals surface area contributed by atoms with Crippen LogP contribution >= 0.6 is 0 Å². The number of nitrogens with zero attached hydrogens (tertiary/aromatic N) is 1. The molecule has 196 valence electrons. The van der Waals surface area contributed by atoms with Crippen LogP contribution in [0.5, 0.6) is 0 Å². The highest BCUT2D eigenvalue weighted by atomic mass is 19.3. The Kier molecular flexibility index (Phi) is 13.3. The third-order valence-corrected chi connectivity index (χ3v) is 4.83. The normalized spacial score (nSPS) is 14.1. The molecule has 0 spiro atoms. The van der Waals surface area contributed by atoms with Crippen molar-refractivity contribution in [1.82, 2.24) is 9.88 Å². The third kappa shape index (κ3) is 11.5. The molecule has 4 rings (SSSR count). The van der Waals surface area contributed by atoms with Gasteiger partial charge in [-0.2, -0.15) is 0 Å². The lowest BCUT2D eigenvalue weighted by atomic mass is 10.2. The number of fused-ring (bicyclic) bond motifs is 1. The lowest BCUT2D eigenvalue weighted by Crippen LogP contribution is -2.40. The van der Waals surface area contributed by atoms with Crippen LogP contribution in [0, 0.1) is 6.92 Å². The van der Waals surface area contributed by atoms with E-state index in [0.717, 1.165) is 24.8 Å². The van der Waals surface area contributed by atoms with Gasteiger partial charge in [-0.05, 0) is 64.8 Å². The minimum Gasteiger partial charge on any atom is -0.444 e. The smallest absolute Gasteiger partial charge is 0.410 e. The fourth-order valence-electron chi connectivity index (χ4n) is 3.30. The largest absolute Gasteiger partial charge is 0.444 e. The number of anilines is 1. The molecule has 2 aromatic carbocycles. The molecule has 0 bridgehead atoms. The number of aromatic nitrogens is 1. The first-order chi connectivity index (χ1) is 17.1. The number of aryl methyl sites for hydroxylation is 1. The molecule has 2 heterocycles. The van der Waals surface area contributed by atoms with Gasteiger partial charge >= 0.3 is 12.6 Å². The van der Waals surface area contributed by atoms with Gasteiger partial charge in [0.25, 0.3) is 0 Å². The maximum absolute atomic E-state index is 11.6. The van der Waals surface area contributed by atoms with Crippen LogP contribution in [-0.4, -0.2) is 54.0 Å². The summed E-state index contributed by atoms with van der Waals surface area (Å²) in [6.45, 7) is 7.85. The molecule has 1 unspecified atom stereocenters. The Hall–Kier alpha value is -3.88. The van der Waals surface area contributed by atoms with Crippen molar-refractivity contribution in [2.75, 3.05) is 18.9 Å². The van der Waals surface area contributed by atoms with E-state index in [4.69, 9.17) is 9.53 Å². The number of aldehydes is 1. The number of carbonyl (C=O) groups excluding carboxylic acids is 3. The molecular weight excluding hydrogens is 465 g/mol. The first-order valence-corrected chi connectivity index (χ1v) is 11.6. The Bertz CT molecular complexity index is 1020. The zero-order chi connectivity index (χ0) is 27.0. The van der Waals surface area contributed by atoms with Crippen LogP contribution in [0.15, 0.2) is 60.7 Å². The van der Waals surface area contributed by atoms with Crippen molar-refractivity contribution in [2.45, 2.75) is 52.2 Å². The van der Waals surface area contributed by atoms with Gasteiger partial charge in [0.15, 0.2) is 0 Å². The predicted molar refractivity (Wildman–Crippen MR) is 139 cm³/mol. The fourth-order valence-corrected chi connectivity index (χ4v) is 3.30. The number of likely N-dealkylation sites (tertiary alicyclic amines) is 1. The van der Waals surface area contributed by atoms with Gasteiger partial charge in [0.2, 0.25) is 0 Å². The first kappa shape index (κ1) is 30.2. The van der Waals surface area contributed by atoms with Gasteiger partial charge in [-0.25, -0.2) is 4.79 Å². The van der Waals surface area contributed by atoms with Crippen molar-refractivity contribution in [1.29, 1.82) is 0 Å². The number of nitrogens with one attached hydrogen (secondary N) is 2. The Balaban J connectivity index is 0.000000265. The van der Waals surface area contributed by atoms with Crippen LogP contribution in [0.1, 0.15) is 39.3 Å². The molecule has 1 fully saturated rings. The average Bonchev–Trinajstić information content (AvgIpc) is 3.50. The zero-order valence-corrected chi connectivity index (χ0v) is 21.5. The number of halogens is 1. The van der Waals surface area contributed by atoms with Crippen LogP contribution in [0.25, 0.3) is 10.9 Å². The Labute approximate surface area is 211 Å². The molecule has 1 aromatic heterocycles. The molecule has 1 amide bonds. The summed E-state index contributed by atoms with van der Waals surface area (Å²) in [6.07, 6.45) is 2.06. The van der Waals surface area contributed by atoms with Crippen molar-refractivity contribution in [3.05, 3.63) is 66.4 Å². The lowest BCUT2D eigenvalue weighted by molar-refractivity contribution is -0.165. The van der Waals surface area contributed by atoms with E-state index >= 15 is 0 Å². The number of H-pyrrole nitrogens is 1. The molecule has 9 heteroatoms. The van der Waals surface area contributed by atoms with E-state index in [-0.39, 0.29) is 18.6 Å². The van der Waals surface area contributed by atoms with Gasteiger partial charge in [-0.1, -0.05) is 36.4 Å². The summed E-state index contributed by atoms with van der Waals surface area (Å²) in [5.41, 5.74) is 3.07. The summed E-state index contributed by atoms with van der Waals surface area (Å²) in [7, 11) is 1.93. The number of ether oxygens (including phenoxy) is 1.